The number of anilines is 2. The Balaban J connectivity index is 1.59. The van der Waals surface area contributed by atoms with Gasteiger partial charge in [0, 0.05) is 24.3 Å². The topological polar surface area (TPSA) is 89.3 Å². The first-order chi connectivity index (χ1) is 14.6. The minimum atomic E-state index is -0.493. The summed E-state index contributed by atoms with van der Waals surface area (Å²) < 4.78 is 6.52. The van der Waals surface area contributed by atoms with Crippen molar-refractivity contribution in [1.82, 2.24) is 14.8 Å². The number of para-hydroxylation sites is 1. The van der Waals surface area contributed by atoms with Gasteiger partial charge in [-0.3, -0.25) is 9.88 Å². The van der Waals surface area contributed by atoms with E-state index < -0.39 is 5.97 Å². The molecule has 4 aromatic rings. The van der Waals surface area contributed by atoms with Crippen molar-refractivity contribution in [2.45, 2.75) is 0 Å². The summed E-state index contributed by atoms with van der Waals surface area (Å²) in [6.07, 6.45) is 3.27. The molecule has 2 aromatic carbocycles. The Morgan fingerprint density at radius 2 is 1.80 bits per heavy atom. The van der Waals surface area contributed by atoms with Crippen molar-refractivity contribution in [3.63, 3.8) is 0 Å². The fourth-order valence-corrected chi connectivity index (χ4v) is 3.07. The molecule has 0 aliphatic rings. The highest BCUT2D eigenvalue weighted by molar-refractivity contribution is 6.03. The molecular weight excluding hydrogens is 382 g/mol. The van der Waals surface area contributed by atoms with Crippen LogP contribution in [-0.4, -0.2) is 40.9 Å². The van der Waals surface area contributed by atoms with Gasteiger partial charge in [-0.25, -0.2) is 14.3 Å². The maximum absolute atomic E-state index is 12.5. The van der Waals surface area contributed by atoms with E-state index in [-0.39, 0.29) is 11.7 Å². The molecule has 0 unspecified atom stereocenters. The molecule has 8 heteroatoms. The molecular formula is C22H19N5O3. The molecule has 2 heterocycles. The number of benzene rings is 2. The van der Waals surface area contributed by atoms with Gasteiger partial charge in [-0.05, 0) is 42.5 Å². The minimum Gasteiger partial charge on any atom is -0.464 e. The molecule has 150 valence electrons. The number of carbonyl (C=O) groups is 2. The minimum absolute atomic E-state index is 0.253. The molecule has 8 nitrogen and oxygen atoms in total. The first kappa shape index (κ1) is 19.1. The lowest BCUT2D eigenvalue weighted by Crippen LogP contribution is -2.31. The van der Waals surface area contributed by atoms with Crippen LogP contribution in [0.2, 0.25) is 0 Å². The molecule has 4 rings (SSSR count). The molecule has 2 aromatic heterocycles. The summed E-state index contributed by atoms with van der Waals surface area (Å²) in [5.74, 6) is -0.493. The average Bonchev–Trinajstić information content (AvgIpc) is 3.19. The van der Waals surface area contributed by atoms with Gasteiger partial charge in [0.1, 0.15) is 0 Å². The van der Waals surface area contributed by atoms with E-state index in [4.69, 9.17) is 4.74 Å². The number of nitrogens with one attached hydrogen (secondary N) is 1. The highest BCUT2D eigenvalue weighted by Gasteiger charge is 2.18. The van der Waals surface area contributed by atoms with Crippen molar-refractivity contribution in [1.29, 1.82) is 0 Å². The van der Waals surface area contributed by atoms with Crippen LogP contribution in [0.15, 0.2) is 73.1 Å². The summed E-state index contributed by atoms with van der Waals surface area (Å²) in [5.41, 5.74) is 3.10. The molecule has 0 fully saturated rings. The molecule has 2 amide bonds. The lowest BCUT2D eigenvalue weighted by molar-refractivity contribution is 0.0595. The second kappa shape index (κ2) is 8.04. The summed E-state index contributed by atoms with van der Waals surface area (Å²) in [5, 5.41) is 7.98. The molecule has 0 spiro atoms. The van der Waals surface area contributed by atoms with Crippen molar-refractivity contribution in [2.24, 2.45) is 0 Å². The van der Waals surface area contributed by atoms with Crippen molar-refractivity contribution in [2.75, 3.05) is 24.4 Å². The third-order valence-electron chi connectivity index (χ3n) is 4.67. The quantitative estimate of drug-likeness (QED) is 0.524. The number of ether oxygens (including phenoxy) is 1. The van der Waals surface area contributed by atoms with Crippen LogP contribution in [0.25, 0.3) is 16.6 Å². The van der Waals surface area contributed by atoms with Gasteiger partial charge in [0.15, 0.2) is 5.69 Å². The zero-order valence-electron chi connectivity index (χ0n) is 16.4. The Bertz CT molecular complexity index is 1200. The maximum Gasteiger partial charge on any atom is 0.359 e. The predicted molar refractivity (Wildman–Crippen MR) is 114 cm³/mol. The normalized spacial score (nSPS) is 10.6. The van der Waals surface area contributed by atoms with Crippen molar-refractivity contribution < 1.29 is 14.3 Å². The zero-order chi connectivity index (χ0) is 21.1. The standard InChI is InChI=1S/C22H19N5O3/c1-26(17-6-5-13-23-14-17)22(29)24-15-9-11-16(12-10-15)27-19-8-4-3-7-18(19)20(25-27)21(28)30-2/h3-14H,1-2H3,(H,24,29). The number of rotatable bonds is 4. The molecule has 0 aliphatic heterocycles. The van der Waals surface area contributed by atoms with Crippen LogP contribution < -0.4 is 10.2 Å². The summed E-state index contributed by atoms with van der Waals surface area (Å²) in [6, 6.07) is 17.9. The molecule has 0 aliphatic carbocycles. The zero-order valence-corrected chi connectivity index (χ0v) is 16.4. The van der Waals surface area contributed by atoms with E-state index >= 15 is 0 Å². The third-order valence-corrected chi connectivity index (χ3v) is 4.67. The fraction of sp³-hybridized carbons (Fsp3) is 0.0909. The van der Waals surface area contributed by atoms with E-state index in [0.717, 1.165) is 11.2 Å². The van der Waals surface area contributed by atoms with Gasteiger partial charge in [-0.1, -0.05) is 18.2 Å². The monoisotopic (exact) mass is 401 g/mol. The van der Waals surface area contributed by atoms with E-state index in [2.05, 4.69) is 15.4 Å². The van der Waals surface area contributed by atoms with Gasteiger partial charge in [-0.2, -0.15) is 5.10 Å². The van der Waals surface area contributed by atoms with E-state index in [0.29, 0.717) is 16.8 Å². The van der Waals surface area contributed by atoms with Crippen molar-refractivity contribution >= 4 is 34.3 Å². The number of amides is 2. The Morgan fingerprint density at radius 3 is 2.50 bits per heavy atom. The highest BCUT2D eigenvalue weighted by atomic mass is 16.5. The lowest BCUT2D eigenvalue weighted by Gasteiger charge is -2.17. The summed E-state index contributed by atoms with van der Waals surface area (Å²) in [6.45, 7) is 0. The van der Waals surface area contributed by atoms with Crippen molar-refractivity contribution in [3.8, 4) is 5.69 Å². The Kier molecular flexibility index (Phi) is 5.13. The Labute approximate surface area is 172 Å². The van der Waals surface area contributed by atoms with Gasteiger partial charge in [-0.15, -0.1) is 0 Å². The fourth-order valence-electron chi connectivity index (χ4n) is 3.07. The van der Waals surface area contributed by atoms with E-state index in [1.807, 2.05) is 36.4 Å². The van der Waals surface area contributed by atoms with Gasteiger partial charge in [0.2, 0.25) is 0 Å². The number of urea groups is 1. The molecule has 0 atom stereocenters. The number of hydrogen-bond donors (Lipinski definition) is 1. The second-order valence-electron chi connectivity index (χ2n) is 6.52. The van der Waals surface area contributed by atoms with Crippen LogP contribution in [-0.2, 0) is 4.74 Å². The molecule has 0 saturated heterocycles. The molecule has 0 bridgehead atoms. The van der Waals surface area contributed by atoms with Crippen LogP contribution in [0.5, 0.6) is 0 Å². The summed E-state index contributed by atoms with van der Waals surface area (Å²) >= 11 is 0. The molecule has 30 heavy (non-hydrogen) atoms. The first-order valence-corrected chi connectivity index (χ1v) is 9.20. The first-order valence-electron chi connectivity index (χ1n) is 9.20. The number of carbonyl (C=O) groups excluding carboxylic acids is 2. The number of fused-ring (bicyclic) bond motifs is 1. The number of hydrogen-bond acceptors (Lipinski definition) is 5. The largest absolute Gasteiger partial charge is 0.464 e. The number of aromatic nitrogens is 3. The number of nitrogens with zero attached hydrogens (tertiary/aromatic N) is 4. The second-order valence-corrected chi connectivity index (χ2v) is 6.52. The van der Waals surface area contributed by atoms with E-state index in [9.17, 15) is 9.59 Å². The van der Waals surface area contributed by atoms with Gasteiger partial charge < -0.3 is 10.1 Å². The molecule has 0 saturated carbocycles. The number of pyridine rings is 1. The van der Waals surface area contributed by atoms with Crippen LogP contribution in [0.4, 0.5) is 16.2 Å². The maximum atomic E-state index is 12.5. The van der Waals surface area contributed by atoms with Gasteiger partial charge in [0.05, 0.1) is 30.2 Å². The SMILES string of the molecule is COC(=O)c1nn(-c2ccc(NC(=O)N(C)c3cccnc3)cc2)c2ccccc12. The van der Waals surface area contributed by atoms with Gasteiger partial charge >= 0.3 is 12.0 Å². The molecule has 0 radical (unpaired) electrons. The summed E-state index contributed by atoms with van der Waals surface area (Å²) in [7, 11) is 3.00. The number of methoxy groups -OCH3 is 1. The Morgan fingerprint density at radius 1 is 1.03 bits per heavy atom. The number of esters is 1. The van der Waals surface area contributed by atoms with E-state index in [1.165, 1.54) is 12.0 Å². The van der Waals surface area contributed by atoms with E-state index in [1.54, 1.807) is 48.4 Å². The lowest BCUT2D eigenvalue weighted by atomic mass is 10.2. The van der Waals surface area contributed by atoms with Crippen molar-refractivity contribution in [3.05, 3.63) is 78.8 Å². The van der Waals surface area contributed by atoms with Crippen LogP contribution in [0.3, 0.4) is 0 Å². The highest BCUT2D eigenvalue weighted by Crippen LogP contribution is 2.24. The predicted octanol–water partition coefficient (Wildman–Crippen LogP) is 3.88. The van der Waals surface area contributed by atoms with Gasteiger partial charge in [0.25, 0.3) is 0 Å². The van der Waals surface area contributed by atoms with Crippen LogP contribution in [0, 0.1) is 0 Å². The third kappa shape index (κ3) is 3.58. The Hall–Kier alpha value is -4.20. The molecule has 1 N–H and O–H groups in total. The average molecular weight is 401 g/mol. The van der Waals surface area contributed by atoms with Crippen LogP contribution >= 0.6 is 0 Å². The summed E-state index contributed by atoms with van der Waals surface area (Å²) in [4.78, 5) is 30.0. The smallest absolute Gasteiger partial charge is 0.359 e. The van der Waals surface area contributed by atoms with Crippen LogP contribution in [0.1, 0.15) is 10.5 Å².